The maximum absolute atomic E-state index is 5.83. The molecule has 0 saturated carbocycles. The molecule has 0 amide bonds. The maximum atomic E-state index is 5.83. The standard InChI is InChI=1S/C8H10Cl4/c9-5-1-2-7(11)3-4-8(12)6-10/h1-4,7-8H,5-6H2/b2-1-,4-3-. The topological polar surface area (TPSA) is 0 Å². The molecule has 0 N–H and O–H groups in total. The predicted molar refractivity (Wildman–Crippen MR) is 59.0 cm³/mol. The molecule has 0 aliphatic carbocycles. The molecule has 0 rings (SSSR count). The van der Waals surface area contributed by atoms with Gasteiger partial charge >= 0.3 is 0 Å². The molecule has 0 aromatic rings. The lowest BCUT2D eigenvalue weighted by atomic mass is 10.3. The molecule has 0 spiro atoms. The van der Waals surface area contributed by atoms with E-state index in [1.54, 1.807) is 24.3 Å². The van der Waals surface area contributed by atoms with Crippen LogP contribution in [0, 0.1) is 0 Å². The second-order valence-corrected chi connectivity index (χ2v) is 3.76. The normalized spacial score (nSPS) is 17.3. The van der Waals surface area contributed by atoms with Gasteiger partial charge in [0.2, 0.25) is 0 Å². The number of alkyl halides is 4. The van der Waals surface area contributed by atoms with Crippen molar-refractivity contribution >= 4 is 46.4 Å². The highest BCUT2D eigenvalue weighted by atomic mass is 35.5. The summed E-state index contributed by atoms with van der Waals surface area (Å²) < 4.78 is 0. The van der Waals surface area contributed by atoms with Crippen LogP contribution in [0.25, 0.3) is 0 Å². The molecule has 0 heterocycles. The van der Waals surface area contributed by atoms with E-state index < -0.39 is 0 Å². The van der Waals surface area contributed by atoms with Crippen LogP contribution in [0.4, 0.5) is 0 Å². The highest BCUT2D eigenvalue weighted by molar-refractivity contribution is 6.29. The van der Waals surface area contributed by atoms with Gasteiger partial charge in [0.25, 0.3) is 0 Å². The highest BCUT2D eigenvalue weighted by Crippen LogP contribution is 2.05. The van der Waals surface area contributed by atoms with Gasteiger partial charge in [-0.25, -0.2) is 0 Å². The van der Waals surface area contributed by atoms with Crippen LogP contribution in [0.3, 0.4) is 0 Å². The average Bonchev–Trinajstić information content (AvgIpc) is 2.10. The third kappa shape index (κ3) is 7.30. The van der Waals surface area contributed by atoms with Gasteiger partial charge in [-0.05, 0) is 0 Å². The number of hydrogen-bond acceptors (Lipinski definition) is 0. The molecule has 70 valence electrons. The van der Waals surface area contributed by atoms with Crippen molar-refractivity contribution in [3.05, 3.63) is 24.3 Å². The van der Waals surface area contributed by atoms with Gasteiger partial charge in [0.1, 0.15) is 0 Å². The Labute approximate surface area is 93.1 Å². The van der Waals surface area contributed by atoms with Crippen molar-refractivity contribution in [2.75, 3.05) is 11.8 Å². The smallest absolute Gasteiger partial charge is 0.0697 e. The van der Waals surface area contributed by atoms with E-state index >= 15 is 0 Å². The largest absolute Gasteiger partial charge is 0.125 e. The van der Waals surface area contributed by atoms with E-state index in [2.05, 4.69) is 0 Å². The summed E-state index contributed by atoms with van der Waals surface area (Å²) in [6.07, 6.45) is 7.13. The van der Waals surface area contributed by atoms with Gasteiger partial charge in [0, 0.05) is 11.8 Å². The average molecular weight is 248 g/mol. The van der Waals surface area contributed by atoms with E-state index in [0.717, 1.165) is 0 Å². The van der Waals surface area contributed by atoms with Crippen LogP contribution in [0.15, 0.2) is 24.3 Å². The summed E-state index contributed by atoms with van der Waals surface area (Å²) in [5, 5.41) is -0.314. The molecule has 0 aliphatic heterocycles. The van der Waals surface area contributed by atoms with Crippen molar-refractivity contribution in [2.24, 2.45) is 0 Å². The van der Waals surface area contributed by atoms with Gasteiger partial charge < -0.3 is 0 Å². The molecular weight excluding hydrogens is 238 g/mol. The van der Waals surface area contributed by atoms with Crippen molar-refractivity contribution in [1.29, 1.82) is 0 Å². The Hall–Kier alpha value is 0.640. The molecule has 0 bridgehead atoms. The van der Waals surface area contributed by atoms with Crippen LogP contribution in [0.2, 0.25) is 0 Å². The minimum absolute atomic E-state index is 0.155. The Morgan fingerprint density at radius 3 is 2.17 bits per heavy atom. The number of halogens is 4. The zero-order valence-electron chi connectivity index (χ0n) is 6.39. The predicted octanol–water partition coefficient (Wildman–Crippen LogP) is 3.79. The number of rotatable bonds is 5. The molecule has 0 saturated heterocycles. The molecule has 0 aromatic carbocycles. The molecule has 0 aromatic heterocycles. The van der Waals surface area contributed by atoms with Crippen LogP contribution in [-0.4, -0.2) is 22.5 Å². The van der Waals surface area contributed by atoms with E-state index in [0.29, 0.717) is 11.8 Å². The Kier molecular flexibility index (Phi) is 8.69. The van der Waals surface area contributed by atoms with E-state index in [-0.39, 0.29) is 10.8 Å². The van der Waals surface area contributed by atoms with Crippen molar-refractivity contribution in [1.82, 2.24) is 0 Å². The molecule has 0 nitrogen and oxygen atoms in total. The monoisotopic (exact) mass is 246 g/mol. The van der Waals surface area contributed by atoms with Gasteiger partial charge in [0.05, 0.1) is 10.8 Å². The Morgan fingerprint density at radius 1 is 1.00 bits per heavy atom. The quantitative estimate of drug-likeness (QED) is 0.512. The Morgan fingerprint density at radius 2 is 1.67 bits per heavy atom. The van der Waals surface area contributed by atoms with Gasteiger partial charge in [-0.1, -0.05) is 24.3 Å². The van der Waals surface area contributed by atoms with E-state index in [1.165, 1.54) is 0 Å². The van der Waals surface area contributed by atoms with Crippen molar-refractivity contribution in [2.45, 2.75) is 10.8 Å². The fourth-order valence-corrected chi connectivity index (χ4v) is 1.00. The lowest BCUT2D eigenvalue weighted by molar-refractivity contribution is 1.21. The summed E-state index contributed by atoms with van der Waals surface area (Å²) in [4.78, 5) is 0. The fraction of sp³-hybridized carbons (Fsp3) is 0.500. The second kappa shape index (κ2) is 8.25. The third-order valence-corrected chi connectivity index (χ3v) is 2.32. The zero-order valence-corrected chi connectivity index (χ0v) is 9.41. The molecule has 4 heteroatoms. The first-order valence-electron chi connectivity index (χ1n) is 3.45. The molecule has 0 fully saturated rings. The van der Waals surface area contributed by atoms with Crippen LogP contribution in [-0.2, 0) is 0 Å². The lowest BCUT2D eigenvalue weighted by Crippen LogP contribution is -1.96. The minimum atomic E-state index is -0.159. The van der Waals surface area contributed by atoms with Crippen LogP contribution < -0.4 is 0 Å². The van der Waals surface area contributed by atoms with Crippen LogP contribution in [0.5, 0.6) is 0 Å². The SMILES string of the molecule is ClC/C=C\C(Cl)/C=C\C(Cl)CCl. The summed E-state index contributed by atoms with van der Waals surface area (Å²) in [5.41, 5.74) is 0. The van der Waals surface area contributed by atoms with Crippen LogP contribution >= 0.6 is 46.4 Å². The second-order valence-electron chi connectivity index (χ2n) is 2.08. The van der Waals surface area contributed by atoms with Crippen molar-refractivity contribution in [3.63, 3.8) is 0 Å². The molecule has 0 aliphatic rings. The molecule has 2 atom stereocenters. The molecule has 0 radical (unpaired) electrons. The maximum Gasteiger partial charge on any atom is 0.0697 e. The zero-order chi connectivity index (χ0) is 9.40. The lowest BCUT2D eigenvalue weighted by Gasteiger charge is -1.97. The van der Waals surface area contributed by atoms with Gasteiger partial charge in [-0.2, -0.15) is 0 Å². The van der Waals surface area contributed by atoms with Crippen molar-refractivity contribution in [3.8, 4) is 0 Å². The minimum Gasteiger partial charge on any atom is -0.125 e. The Balaban J connectivity index is 3.74. The fourth-order valence-electron chi connectivity index (χ4n) is 0.524. The first-order valence-corrected chi connectivity index (χ1v) is 5.40. The third-order valence-electron chi connectivity index (χ3n) is 1.06. The first-order chi connectivity index (χ1) is 5.70. The first kappa shape index (κ1) is 12.6. The van der Waals surface area contributed by atoms with E-state index in [9.17, 15) is 0 Å². The highest BCUT2D eigenvalue weighted by Gasteiger charge is 1.97. The van der Waals surface area contributed by atoms with Gasteiger partial charge in [0.15, 0.2) is 0 Å². The molecule has 12 heavy (non-hydrogen) atoms. The van der Waals surface area contributed by atoms with Gasteiger partial charge in [-0.3, -0.25) is 0 Å². The van der Waals surface area contributed by atoms with Crippen LogP contribution in [0.1, 0.15) is 0 Å². The van der Waals surface area contributed by atoms with Gasteiger partial charge in [-0.15, -0.1) is 46.4 Å². The van der Waals surface area contributed by atoms with E-state index in [1.807, 2.05) is 0 Å². The summed E-state index contributed by atoms with van der Waals surface area (Å²) in [7, 11) is 0. The summed E-state index contributed by atoms with van der Waals surface area (Å²) in [5.74, 6) is 0.859. The molecular formula is C8H10Cl4. The number of hydrogen-bond donors (Lipinski definition) is 0. The summed E-state index contributed by atoms with van der Waals surface area (Å²) in [6, 6.07) is 0. The van der Waals surface area contributed by atoms with E-state index in [4.69, 9.17) is 46.4 Å². The Bertz CT molecular complexity index is 153. The van der Waals surface area contributed by atoms with Crippen molar-refractivity contribution < 1.29 is 0 Å². The summed E-state index contributed by atoms with van der Waals surface area (Å²) in [6.45, 7) is 0. The summed E-state index contributed by atoms with van der Waals surface area (Å²) >= 11 is 22.4. The number of allylic oxidation sites excluding steroid dienone is 4. The molecule has 2 unspecified atom stereocenters.